The number of rotatable bonds is 8. The maximum Gasteiger partial charge on any atom is 0.250 e. The van der Waals surface area contributed by atoms with Crippen molar-refractivity contribution >= 4 is 29.3 Å². The number of hydrogen-bond acceptors (Lipinski definition) is 4. The van der Waals surface area contributed by atoms with Crippen LogP contribution in [-0.2, 0) is 14.3 Å². The molecule has 0 fully saturated rings. The standard InChI is InChI=1S/C20H22N2O4/c1-3-26-18-10-5-4-7-15(18)11-12-19(23)21-16-8-6-9-17(13-16)22-20(24)14-25-2/h4-13H,3,14H2,1-2H3,(H,21,23)(H,22,24)/b12-11+. The van der Waals surface area contributed by atoms with Gasteiger partial charge in [-0.15, -0.1) is 0 Å². The second kappa shape index (κ2) is 10.0. The zero-order chi connectivity index (χ0) is 18.8. The van der Waals surface area contributed by atoms with Crippen molar-refractivity contribution in [2.24, 2.45) is 0 Å². The summed E-state index contributed by atoms with van der Waals surface area (Å²) in [5, 5.41) is 5.45. The molecular weight excluding hydrogens is 332 g/mol. The average Bonchev–Trinajstić information content (AvgIpc) is 2.62. The van der Waals surface area contributed by atoms with Gasteiger partial charge < -0.3 is 20.1 Å². The van der Waals surface area contributed by atoms with Crippen molar-refractivity contribution in [1.82, 2.24) is 0 Å². The Bertz CT molecular complexity index is 787. The number of benzene rings is 2. The molecule has 0 aliphatic carbocycles. The molecule has 6 nitrogen and oxygen atoms in total. The highest BCUT2D eigenvalue weighted by molar-refractivity contribution is 6.02. The van der Waals surface area contributed by atoms with Gasteiger partial charge in [0.05, 0.1) is 6.61 Å². The Morgan fingerprint density at radius 1 is 1.04 bits per heavy atom. The van der Waals surface area contributed by atoms with Crippen molar-refractivity contribution in [2.75, 3.05) is 31.0 Å². The number of methoxy groups -OCH3 is 1. The van der Waals surface area contributed by atoms with Crippen LogP contribution in [0.4, 0.5) is 11.4 Å². The highest BCUT2D eigenvalue weighted by Crippen LogP contribution is 2.20. The third-order valence-electron chi connectivity index (χ3n) is 3.32. The zero-order valence-electron chi connectivity index (χ0n) is 14.8. The first-order chi connectivity index (χ1) is 12.6. The summed E-state index contributed by atoms with van der Waals surface area (Å²) < 4.78 is 10.3. The Hall–Kier alpha value is -3.12. The molecule has 0 bridgehead atoms. The molecule has 0 aliphatic heterocycles. The van der Waals surface area contributed by atoms with Crippen LogP contribution in [0.1, 0.15) is 12.5 Å². The minimum atomic E-state index is -0.281. The van der Waals surface area contributed by atoms with Crippen LogP contribution in [0.5, 0.6) is 5.75 Å². The molecule has 0 heterocycles. The fraction of sp³-hybridized carbons (Fsp3) is 0.200. The van der Waals surface area contributed by atoms with Crippen LogP contribution in [-0.4, -0.2) is 32.1 Å². The van der Waals surface area contributed by atoms with Crippen LogP contribution in [0.15, 0.2) is 54.6 Å². The van der Waals surface area contributed by atoms with Gasteiger partial charge in [0.25, 0.3) is 0 Å². The first kappa shape index (κ1) is 19.2. The van der Waals surface area contributed by atoms with Gasteiger partial charge in [-0.2, -0.15) is 0 Å². The predicted molar refractivity (Wildman–Crippen MR) is 102 cm³/mol. The van der Waals surface area contributed by atoms with E-state index in [2.05, 4.69) is 10.6 Å². The quantitative estimate of drug-likeness (QED) is 0.713. The van der Waals surface area contributed by atoms with Gasteiger partial charge in [0.1, 0.15) is 12.4 Å². The molecule has 0 aromatic heterocycles. The highest BCUT2D eigenvalue weighted by atomic mass is 16.5. The molecule has 0 atom stereocenters. The smallest absolute Gasteiger partial charge is 0.250 e. The van der Waals surface area contributed by atoms with E-state index in [1.165, 1.54) is 13.2 Å². The summed E-state index contributed by atoms with van der Waals surface area (Å²) in [6.45, 7) is 2.43. The minimum Gasteiger partial charge on any atom is -0.493 e. The summed E-state index contributed by atoms with van der Waals surface area (Å²) in [7, 11) is 1.45. The van der Waals surface area contributed by atoms with Crippen molar-refractivity contribution in [3.05, 3.63) is 60.2 Å². The average molecular weight is 354 g/mol. The summed E-state index contributed by atoms with van der Waals surface area (Å²) in [5.74, 6) is 0.182. The molecule has 2 amide bonds. The monoisotopic (exact) mass is 354 g/mol. The molecule has 0 spiro atoms. The molecule has 136 valence electrons. The van der Waals surface area contributed by atoms with E-state index in [4.69, 9.17) is 9.47 Å². The summed E-state index contributed by atoms with van der Waals surface area (Å²) in [6.07, 6.45) is 3.14. The van der Waals surface area contributed by atoms with Crippen LogP contribution in [0.2, 0.25) is 0 Å². The van der Waals surface area contributed by atoms with Gasteiger partial charge in [0.2, 0.25) is 11.8 Å². The molecule has 0 saturated heterocycles. The normalized spacial score (nSPS) is 10.5. The van der Waals surface area contributed by atoms with Crippen LogP contribution >= 0.6 is 0 Å². The van der Waals surface area contributed by atoms with Gasteiger partial charge >= 0.3 is 0 Å². The molecule has 6 heteroatoms. The summed E-state index contributed by atoms with van der Waals surface area (Å²) in [6, 6.07) is 14.4. The predicted octanol–water partition coefficient (Wildman–Crippen LogP) is 3.32. The molecule has 0 saturated carbocycles. The fourth-order valence-electron chi connectivity index (χ4n) is 2.26. The molecule has 0 unspecified atom stereocenters. The molecule has 2 N–H and O–H groups in total. The van der Waals surface area contributed by atoms with Gasteiger partial charge in [-0.1, -0.05) is 24.3 Å². The number of hydrogen-bond donors (Lipinski definition) is 2. The minimum absolute atomic E-state index is 0.0292. The van der Waals surface area contributed by atoms with Crippen molar-refractivity contribution in [1.29, 1.82) is 0 Å². The summed E-state index contributed by atoms with van der Waals surface area (Å²) in [4.78, 5) is 23.7. The Morgan fingerprint density at radius 2 is 1.77 bits per heavy atom. The van der Waals surface area contributed by atoms with Crippen LogP contribution in [0, 0.1) is 0 Å². The first-order valence-corrected chi connectivity index (χ1v) is 8.22. The van der Waals surface area contributed by atoms with Crippen molar-refractivity contribution < 1.29 is 19.1 Å². The third kappa shape index (κ3) is 6.07. The Balaban J connectivity index is 2.00. The van der Waals surface area contributed by atoms with Gasteiger partial charge in [-0.05, 0) is 37.3 Å². The lowest BCUT2D eigenvalue weighted by Gasteiger charge is -2.08. The lowest BCUT2D eigenvalue weighted by molar-refractivity contribution is -0.119. The van der Waals surface area contributed by atoms with E-state index in [9.17, 15) is 9.59 Å². The topological polar surface area (TPSA) is 76.7 Å². The number of para-hydroxylation sites is 1. The largest absolute Gasteiger partial charge is 0.493 e. The molecule has 2 rings (SSSR count). The highest BCUT2D eigenvalue weighted by Gasteiger charge is 2.04. The maximum absolute atomic E-state index is 12.1. The number of carbonyl (C=O) groups excluding carboxylic acids is 2. The van der Waals surface area contributed by atoms with Gasteiger partial charge in [0.15, 0.2) is 0 Å². The second-order valence-corrected chi connectivity index (χ2v) is 5.36. The van der Waals surface area contributed by atoms with E-state index < -0.39 is 0 Å². The van der Waals surface area contributed by atoms with E-state index in [1.54, 1.807) is 30.3 Å². The summed E-state index contributed by atoms with van der Waals surface area (Å²) in [5.41, 5.74) is 1.98. The third-order valence-corrected chi connectivity index (χ3v) is 3.32. The van der Waals surface area contributed by atoms with Crippen molar-refractivity contribution in [2.45, 2.75) is 6.92 Å². The van der Waals surface area contributed by atoms with E-state index in [-0.39, 0.29) is 18.4 Å². The van der Waals surface area contributed by atoms with E-state index in [0.717, 1.165) is 11.3 Å². The zero-order valence-corrected chi connectivity index (χ0v) is 14.8. The van der Waals surface area contributed by atoms with E-state index in [0.29, 0.717) is 18.0 Å². The van der Waals surface area contributed by atoms with Gasteiger partial charge in [0, 0.05) is 30.1 Å². The number of amides is 2. The number of carbonyl (C=O) groups is 2. The maximum atomic E-state index is 12.1. The van der Waals surface area contributed by atoms with Gasteiger partial charge in [-0.3, -0.25) is 9.59 Å². The molecular formula is C20H22N2O4. The Morgan fingerprint density at radius 3 is 2.50 bits per heavy atom. The van der Waals surface area contributed by atoms with Crippen molar-refractivity contribution in [3.63, 3.8) is 0 Å². The molecule has 26 heavy (non-hydrogen) atoms. The van der Waals surface area contributed by atoms with Gasteiger partial charge in [-0.25, -0.2) is 0 Å². The number of ether oxygens (including phenoxy) is 2. The second-order valence-electron chi connectivity index (χ2n) is 5.36. The van der Waals surface area contributed by atoms with Crippen LogP contribution < -0.4 is 15.4 Å². The van der Waals surface area contributed by atoms with Crippen LogP contribution in [0.25, 0.3) is 6.08 Å². The fourth-order valence-corrected chi connectivity index (χ4v) is 2.26. The number of nitrogens with one attached hydrogen (secondary N) is 2. The lowest BCUT2D eigenvalue weighted by atomic mass is 10.2. The first-order valence-electron chi connectivity index (χ1n) is 8.22. The molecule has 0 radical (unpaired) electrons. The Labute approximate surface area is 152 Å². The molecule has 2 aromatic carbocycles. The number of anilines is 2. The summed E-state index contributed by atoms with van der Waals surface area (Å²) >= 11 is 0. The van der Waals surface area contributed by atoms with E-state index >= 15 is 0 Å². The SMILES string of the molecule is CCOc1ccccc1/C=C/C(=O)Nc1cccc(NC(=O)COC)c1. The lowest BCUT2D eigenvalue weighted by Crippen LogP contribution is -2.17. The Kier molecular flexibility index (Phi) is 7.39. The van der Waals surface area contributed by atoms with Crippen molar-refractivity contribution in [3.8, 4) is 5.75 Å². The van der Waals surface area contributed by atoms with E-state index in [1.807, 2.05) is 31.2 Å². The molecule has 0 aliphatic rings. The molecule has 2 aromatic rings. The van der Waals surface area contributed by atoms with Crippen LogP contribution in [0.3, 0.4) is 0 Å².